The van der Waals surface area contributed by atoms with E-state index in [1.807, 2.05) is 89.3 Å². The quantitative estimate of drug-likeness (QED) is 0.0659. The van der Waals surface area contributed by atoms with E-state index in [1.165, 1.54) is 90.7 Å². The molecule has 0 radical (unpaired) electrons. The summed E-state index contributed by atoms with van der Waals surface area (Å²) in [4.78, 5) is 2.09. The smallest absolute Gasteiger partial charge is 0.272 e. The van der Waals surface area contributed by atoms with Crippen molar-refractivity contribution < 1.29 is 44.6 Å². The number of phenols is 2. The number of aromatic nitrogens is 1. The fourth-order valence-electron chi connectivity index (χ4n) is 9.40. The first-order valence-corrected chi connectivity index (χ1v) is 47.8. The van der Waals surface area contributed by atoms with Crippen LogP contribution >= 0.6 is 118 Å². The Balaban J connectivity index is 0.000000151. The Morgan fingerprint density at radius 3 is 1.34 bits per heavy atom. The number of nitrogens with zero attached hydrogens (tertiary/aromatic N) is 1. The maximum atomic E-state index is 14.0. The molecule has 0 saturated carbocycles. The van der Waals surface area contributed by atoms with Gasteiger partial charge >= 0.3 is 0 Å². The van der Waals surface area contributed by atoms with Gasteiger partial charge in [0, 0.05) is 54.6 Å². The van der Waals surface area contributed by atoms with Crippen LogP contribution in [0.2, 0.25) is 49.3 Å². The molecule has 532 valence electrons. The van der Waals surface area contributed by atoms with Crippen LogP contribution in [0.15, 0.2) is 232 Å². The van der Waals surface area contributed by atoms with Gasteiger partial charge < -0.3 is 10.2 Å². The highest BCUT2D eigenvalue weighted by atomic mass is 127. The predicted molar refractivity (Wildman–Crippen MR) is 455 cm³/mol. The summed E-state index contributed by atoms with van der Waals surface area (Å²) in [5.74, 6) is 1.34. The van der Waals surface area contributed by atoms with Crippen LogP contribution in [0.1, 0.15) is 14.6 Å². The van der Waals surface area contributed by atoms with E-state index in [0.717, 1.165) is 23.8 Å². The van der Waals surface area contributed by atoms with Gasteiger partial charge in [0.25, 0.3) is 20.0 Å². The van der Waals surface area contributed by atoms with Crippen molar-refractivity contribution in [2.75, 3.05) is 4.72 Å². The number of aromatic hydroxyl groups is 2. The van der Waals surface area contributed by atoms with E-state index < -0.39 is 80.8 Å². The molecule has 0 fully saturated rings. The number of nitrogens with one attached hydrogen (secondary N) is 1. The van der Waals surface area contributed by atoms with E-state index >= 15 is 0 Å². The number of sulfonamides is 1. The van der Waals surface area contributed by atoms with Crippen LogP contribution in [0.5, 0.6) is 11.5 Å². The van der Waals surface area contributed by atoms with Crippen LogP contribution in [-0.4, -0.2) is 47.2 Å². The zero-order valence-electron chi connectivity index (χ0n) is 56.4. The van der Waals surface area contributed by atoms with Gasteiger partial charge in [0.15, 0.2) is 23.1 Å². The molecule has 25 heteroatoms. The van der Waals surface area contributed by atoms with Crippen LogP contribution in [0.4, 0.5) is 23.2 Å². The summed E-state index contributed by atoms with van der Waals surface area (Å²) in [6, 6.07) is 63.6. The maximum Gasteiger partial charge on any atom is 0.272 e. The Morgan fingerprint density at radius 1 is 0.486 bits per heavy atom. The highest BCUT2D eigenvalue weighted by Crippen LogP contribution is 2.41. The average molecular weight is 1780 g/mol. The second-order valence-electron chi connectivity index (χ2n) is 24.6. The molecule has 6 heterocycles. The second kappa shape index (κ2) is 35.5. The molecule has 8 nitrogen and oxygen atoms in total. The van der Waals surface area contributed by atoms with Crippen LogP contribution in [0, 0.1) is 75.0 Å². The largest absolute Gasteiger partial charge is 0.504 e. The van der Waals surface area contributed by atoms with Gasteiger partial charge in [0.1, 0.15) is 37.6 Å². The lowest BCUT2D eigenvalue weighted by Crippen LogP contribution is -2.16. The molecule has 15 aromatic rings. The SMILES string of the molecule is Brc1cc2ccccc2s1.C#C[Si](C)(C)C.C#Cc1cc2ccccc2s1.C#Cc1cc2ccccc2s1.C[Si](C)(C)C#Cc1cc2ccccc2s1.O=S(=O)(Nc1ccc(Cl)cc1I)c1cc(F)cc(F)c1O.O=S(=O)(c1cc(F)cc(F)c1O)n1c(-c2cc3ccccc3s2)cc2cc(Cl)ccc21. The third-order valence-corrected chi connectivity index (χ3v) is 26.4. The molecule has 0 aliphatic rings. The lowest BCUT2D eigenvalue weighted by Gasteiger charge is -2.13. The zero-order chi connectivity index (χ0) is 76.1. The van der Waals surface area contributed by atoms with Crippen molar-refractivity contribution in [2.24, 2.45) is 0 Å². The first-order chi connectivity index (χ1) is 49.7. The van der Waals surface area contributed by atoms with Gasteiger partial charge in [-0.05, 0) is 181 Å². The number of terminal acetylenes is 3. The fraction of sp³-hybridized carbons (Fsp3) is 0.0750. The van der Waals surface area contributed by atoms with Gasteiger partial charge in [-0.1, -0.05) is 171 Å². The minimum atomic E-state index is -4.58. The third kappa shape index (κ3) is 21.8. The Morgan fingerprint density at radius 2 is 0.895 bits per heavy atom. The summed E-state index contributed by atoms with van der Waals surface area (Å²) in [6.45, 7) is 13.3. The summed E-state index contributed by atoms with van der Waals surface area (Å²) in [6.07, 6.45) is 15.7. The maximum absolute atomic E-state index is 14.0. The normalized spacial score (nSPS) is 11.1. The molecule has 0 aliphatic heterocycles. The minimum absolute atomic E-state index is 0.170. The third-order valence-electron chi connectivity index (χ3n) is 14.3. The van der Waals surface area contributed by atoms with Crippen molar-refractivity contribution in [3.8, 4) is 70.2 Å². The first kappa shape index (κ1) is 80.9. The molecule has 3 N–H and O–H groups in total. The van der Waals surface area contributed by atoms with Crippen molar-refractivity contribution in [3.63, 3.8) is 0 Å². The monoisotopic (exact) mass is 1780 g/mol. The Kier molecular flexibility index (Phi) is 27.3. The summed E-state index contributed by atoms with van der Waals surface area (Å²) in [5.41, 5.74) is 6.87. The number of halogens is 8. The number of benzene rings is 9. The number of rotatable bonds is 6. The molecule has 6 aromatic heterocycles. The molecule has 105 heavy (non-hydrogen) atoms. The number of anilines is 1. The van der Waals surface area contributed by atoms with Crippen molar-refractivity contribution in [1.82, 2.24) is 3.97 Å². The highest BCUT2D eigenvalue weighted by Gasteiger charge is 2.30. The van der Waals surface area contributed by atoms with Crippen molar-refractivity contribution in [3.05, 3.63) is 274 Å². The molecule has 0 spiro atoms. The van der Waals surface area contributed by atoms with Gasteiger partial charge in [-0.3, -0.25) is 4.72 Å². The number of hydrogen-bond donors (Lipinski definition) is 3. The van der Waals surface area contributed by atoms with E-state index in [-0.39, 0.29) is 11.2 Å². The summed E-state index contributed by atoms with van der Waals surface area (Å²) >= 11 is 25.4. The van der Waals surface area contributed by atoms with Crippen LogP contribution in [0.25, 0.3) is 71.9 Å². The Bertz CT molecular complexity index is 5900. The summed E-state index contributed by atoms with van der Waals surface area (Å²) < 4.78 is 117. The summed E-state index contributed by atoms with van der Waals surface area (Å²) in [7, 11) is -11.3. The highest BCUT2D eigenvalue weighted by molar-refractivity contribution is 14.1. The Hall–Kier alpha value is -8.20. The molecule has 0 amide bonds. The molecule has 0 saturated heterocycles. The molecular formula is C80H60BrCl2F4IN2O6S7Si2. The molecule has 15 rings (SSSR count). The number of thiophene rings is 5. The van der Waals surface area contributed by atoms with Crippen molar-refractivity contribution in [2.45, 2.75) is 49.1 Å². The standard InChI is InChI=1S/C22H12ClF2NO3S2.C13H14SSi.C12H7ClF2INO3S.2C10H6S.C8H5BrS.C5H10Si/c23-14-5-6-17-13(7-14)8-18(20-9-12-3-1-2-4-19(12)30-20)26(17)31(28,29)21-11-15(24)10-16(25)22(21)27;1-15(2,3)9-8-12-10-11-6-4-5-7-13(11)14-12;13-6-1-2-10(9(16)3-6)17-21(19,20)11-5-7(14)4-8(15)12(11)18;2*1-2-9-7-8-5-3-4-6-10(8)11-9;9-8-5-6-3-1-2-4-7(6)10-8;1-5-6(2,3)4/h1-11,27H;4-7,10H,1-3H3;1-5,17-18H;2*1,3-7H;1-5H;1H,2-4H3. The lowest BCUT2D eigenvalue weighted by atomic mass is 10.2. The first-order valence-electron chi connectivity index (χ1n) is 31.2. The molecule has 0 atom stereocenters. The minimum Gasteiger partial charge on any atom is -0.504 e. The molecule has 0 bridgehead atoms. The lowest BCUT2D eigenvalue weighted by molar-refractivity contribution is 0.411. The van der Waals surface area contributed by atoms with E-state index in [2.05, 4.69) is 174 Å². The van der Waals surface area contributed by atoms with Crippen LogP contribution in [0.3, 0.4) is 0 Å². The molecular weight excluding hydrogens is 1720 g/mol. The van der Waals surface area contributed by atoms with Gasteiger partial charge in [-0.15, -0.1) is 87.0 Å². The van der Waals surface area contributed by atoms with Gasteiger partial charge in [0.05, 0.1) is 40.2 Å². The zero-order valence-corrected chi connectivity index (χ0v) is 69.3. The second-order valence-corrected chi connectivity index (χ2v) is 46.3. The van der Waals surface area contributed by atoms with E-state index in [1.54, 1.807) is 57.5 Å². The van der Waals surface area contributed by atoms with E-state index in [4.69, 9.17) is 42.5 Å². The fourth-order valence-corrected chi connectivity index (χ4v) is 19.6. The van der Waals surface area contributed by atoms with Crippen LogP contribution < -0.4 is 4.72 Å². The van der Waals surface area contributed by atoms with E-state index in [9.17, 15) is 44.6 Å². The molecule has 0 unspecified atom stereocenters. The molecule has 0 aliphatic carbocycles. The van der Waals surface area contributed by atoms with Gasteiger partial charge in [0.2, 0.25) is 0 Å². The average Bonchev–Trinajstić information content (AvgIpc) is 1.61. The number of fused-ring (bicyclic) bond motifs is 6. The van der Waals surface area contributed by atoms with Gasteiger partial charge in [-0.2, -0.15) is 0 Å². The summed E-state index contributed by atoms with van der Waals surface area (Å²) in [5, 5.41) is 26.9. The molecule has 9 aromatic carbocycles. The topological polar surface area (TPSA) is 126 Å². The predicted octanol–water partition coefficient (Wildman–Crippen LogP) is 25.2. The van der Waals surface area contributed by atoms with Gasteiger partial charge in [-0.25, -0.2) is 38.4 Å². The van der Waals surface area contributed by atoms with Crippen molar-refractivity contribution >= 4 is 222 Å². The van der Waals surface area contributed by atoms with E-state index in [0.29, 0.717) is 53.8 Å². The Labute approximate surface area is 661 Å². The number of hydrogen-bond acceptors (Lipinski definition) is 11. The van der Waals surface area contributed by atoms with Crippen LogP contribution in [-0.2, 0) is 20.0 Å². The number of phenolic OH excluding ortho intramolecular Hbond substituents is 2. The van der Waals surface area contributed by atoms with Crippen molar-refractivity contribution in [1.29, 1.82) is 0 Å².